The Morgan fingerprint density at radius 1 is 1.39 bits per heavy atom. The maximum Gasteiger partial charge on any atom is 0.303 e. The van der Waals surface area contributed by atoms with Gasteiger partial charge in [0.25, 0.3) is 0 Å². The maximum atomic E-state index is 12.2. The van der Waals surface area contributed by atoms with E-state index in [1.807, 2.05) is 13.8 Å². The van der Waals surface area contributed by atoms with Crippen molar-refractivity contribution in [1.82, 2.24) is 0 Å². The smallest absolute Gasteiger partial charge is 0.303 e. The van der Waals surface area contributed by atoms with Crippen molar-refractivity contribution in [2.75, 3.05) is 0 Å². The van der Waals surface area contributed by atoms with E-state index in [2.05, 4.69) is 13.8 Å². The normalized spacial score (nSPS) is 23.3. The van der Waals surface area contributed by atoms with Crippen molar-refractivity contribution < 1.29 is 14.3 Å². The number of ether oxygens (including phenoxy) is 1. The van der Waals surface area contributed by atoms with E-state index in [4.69, 9.17) is 4.74 Å². The Hall–Kier alpha value is -1.38. The quantitative estimate of drug-likeness (QED) is 0.570. The number of ketones is 1. The van der Waals surface area contributed by atoms with Crippen LogP contribution in [0.1, 0.15) is 47.5 Å². The molecule has 0 fully saturated rings. The van der Waals surface area contributed by atoms with Gasteiger partial charge in [0.1, 0.15) is 6.10 Å². The van der Waals surface area contributed by atoms with E-state index in [0.29, 0.717) is 0 Å². The lowest BCUT2D eigenvalue weighted by Gasteiger charge is -2.36. The summed E-state index contributed by atoms with van der Waals surface area (Å²) in [4.78, 5) is 23.2. The molecule has 0 radical (unpaired) electrons. The van der Waals surface area contributed by atoms with E-state index in [-0.39, 0.29) is 23.3 Å². The Labute approximate surface area is 109 Å². The minimum absolute atomic E-state index is 0.0249. The molecule has 18 heavy (non-hydrogen) atoms. The van der Waals surface area contributed by atoms with Gasteiger partial charge in [-0.05, 0) is 43.8 Å². The Balaban J connectivity index is 3.17. The highest BCUT2D eigenvalue weighted by molar-refractivity contribution is 6.05. The van der Waals surface area contributed by atoms with Crippen LogP contribution in [0.25, 0.3) is 0 Å². The molecule has 0 aromatic heterocycles. The minimum Gasteiger partial charge on any atom is -0.458 e. The minimum atomic E-state index is -0.295. The highest BCUT2D eigenvalue weighted by atomic mass is 16.5. The van der Waals surface area contributed by atoms with Gasteiger partial charge >= 0.3 is 5.97 Å². The zero-order chi connectivity index (χ0) is 13.9. The van der Waals surface area contributed by atoms with Crippen LogP contribution in [-0.4, -0.2) is 17.9 Å². The molecule has 1 rings (SSSR count). The molecule has 0 bridgehead atoms. The van der Waals surface area contributed by atoms with E-state index in [0.717, 1.165) is 24.0 Å². The van der Waals surface area contributed by atoms with E-state index < -0.39 is 0 Å². The number of hydrogen-bond donors (Lipinski definition) is 0. The van der Waals surface area contributed by atoms with Crippen molar-refractivity contribution in [1.29, 1.82) is 0 Å². The molecule has 0 aliphatic heterocycles. The summed E-state index contributed by atoms with van der Waals surface area (Å²) in [5.41, 5.74) is 1.53. The summed E-state index contributed by atoms with van der Waals surface area (Å²) in [5.74, 6) is -0.270. The zero-order valence-corrected chi connectivity index (χ0v) is 11.9. The van der Waals surface area contributed by atoms with Crippen molar-refractivity contribution in [2.24, 2.45) is 5.41 Å². The van der Waals surface area contributed by atoms with E-state index in [1.54, 1.807) is 12.2 Å². The van der Waals surface area contributed by atoms with Crippen LogP contribution in [0.5, 0.6) is 0 Å². The molecular formula is C15H22O3. The van der Waals surface area contributed by atoms with E-state index in [1.165, 1.54) is 6.92 Å². The van der Waals surface area contributed by atoms with E-state index >= 15 is 0 Å². The summed E-state index contributed by atoms with van der Waals surface area (Å²) in [6, 6.07) is 0. The van der Waals surface area contributed by atoms with Crippen LogP contribution in [0.15, 0.2) is 23.3 Å². The van der Waals surface area contributed by atoms with Crippen molar-refractivity contribution in [2.45, 2.75) is 53.6 Å². The Morgan fingerprint density at radius 2 is 2.00 bits per heavy atom. The molecule has 3 nitrogen and oxygen atoms in total. The number of esters is 1. The Bertz CT molecular complexity index is 413. The second-order valence-electron chi connectivity index (χ2n) is 5.44. The van der Waals surface area contributed by atoms with Gasteiger partial charge in [0.15, 0.2) is 5.78 Å². The SMILES string of the molecule is CC=CC(=O)C1=C(C)C(OC(C)=O)CCC1(C)C. The number of allylic oxidation sites excluding steroid dienone is 3. The van der Waals surface area contributed by atoms with Crippen LogP contribution < -0.4 is 0 Å². The highest BCUT2D eigenvalue weighted by Gasteiger charge is 2.37. The first-order valence-corrected chi connectivity index (χ1v) is 6.35. The first-order valence-electron chi connectivity index (χ1n) is 6.35. The second kappa shape index (κ2) is 5.51. The zero-order valence-electron chi connectivity index (χ0n) is 11.9. The largest absolute Gasteiger partial charge is 0.458 e. The third-order valence-corrected chi connectivity index (χ3v) is 3.46. The molecule has 0 saturated carbocycles. The topological polar surface area (TPSA) is 43.4 Å². The molecule has 100 valence electrons. The van der Waals surface area contributed by atoms with Crippen molar-refractivity contribution >= 4 is 11.8 Å². The van der Waals surface area contributed by atoms with Gasteiger partial charge < -0.3 is 4.74 Å². The molecule has 3 heteroatoms. The van der Waals surface area contributed by atoms with Crippen LogP contribution in [0.3, 0.4) is 0 Å². The molecule has 0 amide bonds. The molecule has 1 atom stereocenters. The number of rotatable bonds is 3. The molecule has 0 saturated heterocycles. The predicted molar refractivity (Wildman–Crippen MR) is 71.1 cm³/mol. The van der Waals surface area contributed by atoms with Gasteiger partial charge in [0, 0.05) is 12.5 Å². The monoisotopic (exact) mass is 250 g/mol. The lowest BCUT2D eigenvalue weighted by atomic mass is 9.70. The number of carbonyl (C=O) groups is 2. The van der Waals surface area contributed by atoms with Crippen LogP contribution in [0.2, 0.25) is 0 Å². The van der Waals surface area contributed by atoms with Gasteiger partial charge in [-0.15, -0.1) is 0 Å². The summed E-state index contributed by atoms with van der Waals surface area (Å²) in [7, 11) is 0. The molecule has 1 aliphatic rings. The van der Waals surface area contributed by atoms with Gasteiger partial charge in [-0.3, -0.25) is 9.59 Å². The predicted octanol–water partition coefficient (Wildman–Crippen LogP) is 3.20. The van der Waals surface area contributed by atoms with Gasteiger partial charge in [-0.2, -0.15) is 0 Å². The fourth-order valence-corrected chi connectivity index (χ4v) is 2.64. The summed E-state index contributed by atoms with van der Waals surface area (Å²) in [6.45, 7) is 9.26. The molecule has 1 aliphatic carbocycles. The van der Waals surface area contributed by atoms with E-state index in [9.17, 15) is 9.59 Å². The summed E-state index contributed by atoms with van der Waals surface area (Å²) < 4.78 is 5.28. The number of carbonyl (C=O) groups excluding carboxylic acids is 2. The lowest BCUT2D eigenvalue weighted by Crippen LogP contribution is -2.33. The van der Waals surface area contributed by atoms with Crippen LogP contribution >= 0.6 is 0 Å². The second-order valence-corrected chi connectivity index (χ2v) is 5.44. The van der Waals surface area contributed by atoms with Crippen molar-refractivity contribution in [3.63, 3.8) is 0 Å². The highest BCUT2D eigenvalue weighted by Crippen LogP contribution is 2.41. The standard InChI is InChI=1S/C15H22O3/c1-6-7-12(17)14-10(2)13(18-11(3)16)8-9-15(14,4)5/h6-7,13H,8-9H2,1-5H3. The Morgan fingerprint density at radius 3 is 2.50 bits per heavy atom. The lowest BCUT2D eigenvalue weighted by molar-refractivity contribution is -0.145. The molecule has 0 heterocycles. The summed E-state index contributed by atoms with van der Waals surface area (Å²) >= 11 is 0. The fourth-order valence-electron chi connectivity index (χ4n) is 2.64. The van der Waals surface area contributed by atoms with Crippen molar-refractivity contribution in [3.8, 4) is 0 Å². The molecule has 1 unspecified atom stereocenters. The molecule has 0 aromatic rings. The molecule has 0 N–H and O–H groups in total. The van der Waals surface area contributed by atoms with Gasteiger partial charge in [-0.25, -0.2) is 0 Å². The van der Waals surface area contributed by atoms with Gasteiger partial charge in [-0.1, -0.05) is 19.9 Å². The van der Waals surface area contributed by atoms with Crippen LogP contribution in [0.4, 0.5) is 0 Å². The van der Waals surface area contributed by atoms with Gasteiger partial charge in [0.2, 0.25) is 0 Å². The first kappa shape index (κ1) is 14.7. The average molecular weight is 250 g/mol. The third kappa shape index (κ3) is 3.09. The molecule has 0 aromatic carbocycles. The summed E-state index contributed by atoms with van der Waals surface area (Å²) in [5, 5.41) is 0. The van der Waals surface area contributed by atoms with Crippen molar-refractivity contribution in [3.05, 3.63) is 23.3 Å². The molecule has 0 spiro atoms. The number of hydrogen-bond acceptors (Lipinski definition) is 3. The summed E-state index contributed by atoms with van der Waals surface area (Å²) in [6.07, 6.45) is 4.70. The third-order valence-electron chi connectivity index (χ3n) is 3.46. The maximum absolute atomic E-state index is 12.2. The first-order chi connectivity index (χ1) is 8.29. The molecular weight excluding hydrogens is 228 g/mol. The van der Waals surface area contributed by atoms with Crippen LogP contribution in [-0.2, 0) is 14.3 Å². The average Bonchev–Trinajstić information content (AvgIpc) is 2.22. The fraction of sp³-hybridized carbons (Fsp3) is 0.600. The van der Waals surface area contributed by atoms with Gasteiger partial charge in [0.05, 0.1) is 0 Å². The Kier molecular flexibility index (Phi) is 4.49. The van der Waals surface area contributed by atoms with Crippen LogP contribution in [0, 0.1) is 5.41 Å².